The van der Waals surface area contributed by atoms with Crippen LogP contribution in [0.3, 0.4) is 0 Å². The predicted molar refractivity (Wildman–Crippen MR) is 114 cm³/mol. The van der Waals surface area contributed by atoms with Crippen LogP contribution < -0.4 is 15.3 Å². The zero-order valence-corrected chi connectivity index (χ0v) is 18.2. The highest BCUT2D eigenvalue weighted by Crippen LogP contribution is 2.43. The van der Waals surface area contributed by atoms with Gasteiger partial charge in [0.1, 0.15) is 30.5 Å². The average molecular weight is 448 g/mol. The molecule has 3 N–H and O–H groups in total. The number of nitrogens with one attached hydrogen (secondary N) is 1. The van der Waals surface area contributed by atoms with Crippen LogP contribution in [0.5, 0.6) is 5.75 Å². The number of nitrogens with two attached hydrogens (primary N) is 1. The lowest BCUT2D eigenvalue weighted by molar-refractivity contribution is -0.141. The molecule has 2 aromatic heterocycles. The summed E-state index contributed by atoms with van der Waals surface area (Å²) < 4.78 is 31.4. The summed E-state index contributed by atoms with van der Waals surface area (Å²) in [5, 5.41) is 2.66. The van der Waals surface area contributed by atoms with E-state index in [4.69, 9.17) is 19.7 Å². The number of imidazole rings is 1. The molecule has 0 radical (unpaired) electrons. The Bertz CT molecular complexity index is 1060. The fraction of sp³-hybridized carbons (Fsp3) is 0.368. The van der Waals surface area contributed by atoms with E-state index in [1.54, 1.807) is 42.1 Å². The second-order valence-corrected chi connectivity index (χ2v) is 8.76. The lowest BCUT2D eigenvalue weighted by Crippen LogP contribution is -2.27. The highest BCUT2D eigenvalue weighted by molar-refractivity contribution is 7.57. The van der Waals surface area contributed by atoms with Gasteiger partial charge in [0.05, 0.1) is 25.6 Å². The van der Waals surface area contributed by atoms with Crippen LogP contribution in [0.15, 0.2) is 43.0 Å². The Morgan fingerprint density at radius 3 is 2.77 bits per heavy atom. The lowest BCUT2D eigenvalue weighted by Gasteiger charge is -2.22. The predicted octanol–water partition coefficient (Wildman–Crippen LogP) is 2.20. The van der Waals surface area contributed by atoms with Gasteiger partial charge in [-0.3, -0.25) is 9.36 Å². The summed E-state index contributed by atoms with van der Waals surface area (Å²) in [7, 11) is -3.56. The van der Waals surface area contributed by atoms with Crippen molar-refractivity contribution >= 4 is 30.5 Å². The van der Waals surface area contributed by atoms with Crippen molar-refractivity contribution in [2.45, 2.75) is 26.5 Å². The molecule has 0 bridgehead atoms. The third-order valence-corrected chi connectivity index (χ3v) is 5.81. The van der Waals surface area contributed by atoms with Gasteiger partial charge < -0.3 is 24.3 Å². The number of nitrogen functional groups attached to an aromatic ring is 1. The Kier molecular flexibility index (Phi) is 7.56. The molecule has 31 heavy (non-hydrogen) atoms. The number of benzene rings is 1. The zero-order chi connectivity index (χ0) is 22.3. The standard InChI is InChI=1S/C19H25N6O5P/c1-3-28-16(26)9-24-31(27,30-15-7-5-4-6-8-15)13-29-14(2)10-25-12-23-17-18(20)21-11-22-19(17)25/h4-8,11-12,14H,3,9-10,13H2,1-2H3,(H,24,27)(H2,20,21,22)/t14-,31-/m1/s1. The largest absolute Gasteiger partial charge is 0.465 e. The van der Waals surface area contributed by atoms with E-state index in [9.17, 15) is 9.36 Å². The van der Waals surface area contributed by atoms with Gasteiger partial charge in [-0.05, 0) is 26.0 Å². The number of hydrogen-bond donors (Lipinski definition) is 2. The van der Waals surface area contributed by atoms with Gasteiger partial charge in [0.2, 0.25) is 0 Å². The first kappa shape index (κ1) is 22.7. The molecule has 0 unspecified atom stereocenters. The number of para-hydroxylation sites is 1. The Morgan fingerprint density at radius 2 is 2.03 bits per heavy atom. The molecule has 12 heteroatoms. The van der Waals surface area contributed by atoms with E-state index in [1.165, 1.54) is 6.33 Å². The van der Waals surface area contributed by atoms with Crippen molar-refractivity contribution in [1.82, 2.24) is 24.6 Å². The van der Waals surface area contributed by atoms with Gasteiger partial charge in [0.15, 0.2) is 11.5 Å². The molecule has 2 heterocycles. The molecule has 11 nitrogen and oxygen atoms in total. The van der Waals surface area contributed by atoms with E-state index in [-0.39, 0.29) is 25.6 Å². The van der Waals surface area contributed by atoms with Crippen molar-refractivity contribution in [2.75, 3.05) is 25.2 Å². The molecule has 0 aliphatic heterocycles. The third kappa shape index (κ3) is 6.24. The van der Waals surface area contributed by atoms with Gasteiger partial charge in [-0.2, -0.15) is 0 Å². The lowest BCUT2D eigenvalue weighted by atomic mass is 10.3. The molecule has 0 amide bonds. The summed E-state index contributed by atoms with van der Waals surface area (Å²) in [4.78, 5) is 24.0. The van der Waals surface area contributed by atoms with Crippen LogP contribution in [0.25, 0.3) is 11.2 Å². The molecule has 3 aromatic rings. The second-order valence-electron chi connectivity index (χ2n) is 6.65. The molecule has 0 spiro atoms. The van der Waals surface area contributed by atoms with Crippen molar-refractivity contribution in [2.24, 2.45) is 0 Å². The first-order valence-electron chi connectivity index (χ1n) is 9.67. The summed E-state index contributed by atoms with van der Waals surface area (Å²) >= 11 is 0. The van der Waals surface area contributed by atoms with Crippen molar-refractivity contribution in [3.63, 3.8) is 0 Å². The molecule has 0 aliphatic carbocycles. The number of nitrogens with zero attached hydrogens (tertiary/aromatic N) is 4. The minimum Gasteiger partial charge on any atom is -0.465 e. The van der Waals surface area contributed by atoms with E-state index in [0.717, 1.165) is 0 Å². The molecular weight excluding hydrogens is 423 g/mol. The van der Waals surface area contributed by atoms with Gasteiger partial charge in [-0.1, -0.05) is 18.2 Å². The van der Waals surface area contributed by atoms with Crippen LogP contribution in [0.4, 0.5) is 5.82 Å². The van der Waals surface area contributed by atoms with E-state index < -0.39 is 13.5 Å². The van der Waals surface area contributed by atoms with Gasteiger partial charge >= 0.3 is 13.5 Å². The Labute approximate surface area is 179 Å². The summed E-state index contributed by atoms with van der Waals surface area (Å²) in [5.41, 5.74) is 6.89. The second kappa shape index (κ2) is 10.3. The fourth-order valence-electron chi connectivity index (χ4n) is 2.74. The summed E-state index contributed by atoms with van der Waals surface area (Å²) in [5.74, 6) is 0.155. The van der Waals surface area contributed by atoms with Crippen molar-refractivity contribution in [3.05, 3.63) is 43.0 Å². The maximum Gasteiger partial charge on any atom is 0.342 e. The van der Waals surface area contributed by atoms with Gasteiger partial charge in [-0.15, -0.1) is 0 Å². The van der Waals surface area contributed by atoms with E-state index in [1.807, 2.05) is 13.0 Å². The number of hydrogen-bond acceptors (Lipinski definition) is 9. The Hall–Kier alpha value is -3.01. The van der Waals surface area contributed by atoms with Crippen LogP contribution in [0, 0.1) is 0 Å². The minimum absolute atomic E-state index is 0.227. The van der Waals surface area contributed by atoms with Crippen LogP contribution in [-0.2, 0) is 25.4 Å². The molecule has 1 aromatic carbocycles. The molecular formula is C19H25N6O5P. The molecule has 3 rings (SSSR count). The first-order valence-corrected chi connectivity index (χ1v) is 11.5. The summed E-state index contributed by atoms with van der Waals surface area (Å²) in [6.07, 6.45) is 2.33. The SMILES string of the molecule is CCOC(=O)CN[P@@](=O)(CO[C@H](C)Cn1cnc2c(N)ncnc21)Oc1ccccc1. The van der Waals surface area contributed by atoms with Crippen LogP contribution in [0.2, 0.25) is 0 Å². The molecule has 2 atom stereocenters. The maximum atomic E-state index is 13.3. The maximum absolute atomic E-state index is 13.3. The van der Waals surface area contributed by atoms with Crippen LogP contribution in [-0.4, -0.2) is 51.1 Å². The zero-order valence-electron chi connectivity index (χ0n) is 17.3. The number of carbonyl (C=O) groups is 1. The molecule has 0 aliphatic rings. The number of ether oxygens (including phenoxy) is 2. The molecule has 0 saturated heterocycles. The number of rotatable bonds is 11. The Balaban J connectivity index is 1.65. The Morgan fingerprint density at radius 1 is 1.26 bits per heavy atom. The molecule has 166 valence electrons. The normalized spacial score (nSPS) is 14.1. The van der Waals surface area contributed by atoms with Crippen molar-refractivity contribution in [1.29, 1.82) is 0 Å². The van der Waals surface area contributed by atoms with Gasteiger partial charge in [0, 0.05) is 0 Å². The van der Waals surface area contributed by atoms with E-state index >= 15 is 0 Å². The van der Waals surface area contributed by atoms with Gasteiger partial charge in [0.25, 0.3) is 0 Å². The first-order chi connectivity index (χ1) is 14.9. The van der Waals surface area contributed by atoms with Gasteiger partial charge in [-0.25, -0.2) is 20.0 Å². The summed E-state index contributed by atoms with van der Waals surface area (Å²) in [6, 6.07) is 8.67. The summed E-state index contributed by atoms with van der Waals surface area (Å²) in [6.45, 7) is 3.86. The highest BCUT2D eigenvalue weighted by Gasteiger charge is 2.27. The number of esters is 1. The molecule has 0 fully saturated rings. The molecule has 0 saturated carbocycles. The monoisotopic (exact) mass is 448 g/mol. The van der Waals surface area contributed by atoms with E-state index in [2.05, 4.69) is 20.0 Å². The fourth-order valence-corrected chi connectivity index (χ4v) is 4.23. The van der Waals surface area contributed by atoms with Crippen LogP contribution >= 0.6 is 7.52 Å². The minimum atomic E-state index is -3.56. The topological polar surface area (TPSA) is 143 Å². The average Bonchev–Trinajstić information content (AvgIpc) is 3.16. The van der Waals surface area contributed by atoms with Crippen molar-refractivity contribution in [3.8, 4) is 5.75 Å². The number of fused-ring (bicyclic) bond motifs is 1. The van der Waals surface area contributed by atoms with E-state index in [0.29, 0.717) is 29.3 Å². The van der Waals surface area contributed by atoms with Crippen molar-refractivity contribution < 1.29 is 23.4 Å². The number of carbonyl (C=O) groups excluding carboxylic acids is 1. The quantitative estimate of drug-likeness (QED) is 0.331. The highest BCUT2D eigenvalue weighted by atomic mass is 31.2. The number of aromatic nitrogens is 4. The number of anilines is 1. The third-order valence-electron chi connectivity index (χ3n) is 4.18. The smallest absolute Gasteiger partial charge is 0.342 e. The van der Waals surface area contributed by atoms with Crippen LogP contribution in [0.1, 0.15) is 13.8 Å².